The van der Waals surface area contributed by atoms with Crippen LogP contribution in [0.3, 0.4) is 0 Å². The first-order valence-electron chi connectivity index (χ1n) is 7.88. The van der Waals surface area contributed by atoms with E-state index in [-0.39, 0.29) is 5.75 Å². The lowest BCUT2D eigenvalue weighted by Crippen LogP contribution is -2.00. The zero-order valence-corrected chi connectivity index (χ0v) is 15.2. The van der Waals surface area contributed by atoms with E-state index in [0.29, 0.717) is 10.6 Å². The standard InChI is InChI=1S/C18H19ClN2O2S/c1-3-12-5-7-14(8-6-12)21-17-10-15(19)13(11-24(22)23)9-16(17)20-18(21)4-2/h5-10H,3-4,11H2,1-2H3,(H,22,23)/p-1. The van der Waals surface area contributed by atoms with Crippen molar-refractivity contribution in [3.05, 3.63) is 58.4 Å². The summed E-state index contributed by atoms with van der Waals surface area (Å²) >= 11 is 4.11. The van der Waals surface area contributed by atoms with Gasteiger partial charge in [0.2, 0.25) is 0 Å². The molecule has 0 amide bonds. The molecule has 0 saturated heterocycles. The Hall–Kier alpha value is -1.69. The molecule has 126 valence electrons. The van der Waals surface area contributed by atoms with E-state index in [0.717, 1.165) is 35.4 Å². The SMILES string of the molecule is CCc1ccc(-n2c(CC)nc3cc(CS(=O)[O-])c(Cl)cc32)cc1. The van der Waals surface area contributed by atoms with Crippen LogP contribution in [-0.4, -0.2) is 18.3 Å². The predicted molar refractivity (Wildman–Crippen MR) is 97.5 cm³/mol. The molecule has 0 bridgehead atoms. The summed E-state index contributed by atoms with van der Waals surface area (Å²) in [5.74, 6) is 0.819. The number of hydrogen-bond acceptors (Lipinski definition) is 3. The Balaban J connectivity index is 2.18. The summed E-state index contributed by atoms with van der Waals surface area (Å²) in [5, 5.41) is 0.445. The molecule has 0 spiro atoms. The van der Waals surface area contributed by atoms with Gasteiger partial charge in [0.05, 0.1) is 11.0 Å². The minimum atomic E-state index is -2.18. The third kappa shape index (κ3) is 3.24. The Kier molecular flexibility index (Phi) is 5.04. The highest BCUT2D eigenvalue weighted by Crippen LogP contribution is 2.28. The number of halogens is 1. The van der Waals surface area contributed by atoms with E-state index in [1.165, 1.54) is 5.56 Å². The highest BCUT2D eigenvalue weighted by atomic mass is 35.5. The van der Waals surface area contributed by atoms with Crippen molar-refractivity contribution in [1.82, 2.24) is 9.55 Å². The van der Waals surface area contributed by atoms with Gasteiger partial charge >= 0.3 is 0 Å². The third-order valence-electron chi connectivity index (χ3n) is 4.08. The van der Waals surface area contributed by atoms with Gasteiger partial charge in [-0.25, -0.2) is 4.98 Å². The number of fused-ring (bicyclic) bond motifs is 1. The molecule has 1 unspecified atom stereocenters. The van der Waals surface area contributed by atoms with Gasteiger partial charge in [0.1, 0.15) is 5.82 Å². The highest BCUT2D eigenvalue weighted by molar-refractivity contribution is 7.78. The Labute approximate surface area is 148 Å². The van der Waals surface area contributed by atoms with Crippen LogP contribution in [0.4, 0.5) is 0 Å². The molecule has 0 N–H and O–H groups in total. The molecule has 24 heavy (non-hydrogen) atoms. The van der Waals surface area contributed by atoms with E-state index in [4.69, 9.17) is 11.6 Å². The van der Waals surface area contributed by atoms with Crippen LogP contribution in [-0.2, 0) is 29.7 Å². The first-order valence-corrected chi connectivity index (χ1v) is 9.50. The van der Waals surface area contributed by atoms with Crippen LogP contribution in [0.5, 0.6) is 0 Å². The number of imidazole rings is 1. The van der Waals surface area contributed by atoms with Gasteiger partial charge in [-0.05, 0) is 41.8 Å². The molecule has 1 heterocycles. The molecule has 3 rings (SSSR count). The topological polar surface area (TPSA) is 58.0 Å². The summed E-state index contributed by atoms with van der Waals surface area (Å²) in [6.07, 6.45) is 1.76. The minimum Gasteiger partial charge on any atom is -0.772 e. The molecule has 0 radical (unpaired) electrons. The van der Waals surface area contributed by atoms with E-state index in [1.54, 1.807) is 12.1 Å². The smallest absolute Gasteiger partial charge is 0.114 e. The van der Waals surface area contributed by atoms with E-state index in [2.05, 4.69) is 40.7 Å². The van der Waals surface area contributed by atoms with Crippen molar-refractivity contribution in [2.45, 2.75) is 32.4 Å². The van der Waals surface area contributed by atoms with Gasteiger partial charge in [-0.3, -0.25) is 8.78 Å². The van der Waals surface area contributed by atoms with Crippen LogP contribution < -0.4 is 0 Å². The van der Waals surface area contributed by atoms with Gasteiger partial charge in [0, 0.05) is 22.9 Å². The van der Waals surface area contributed by atoms with Crippen LogP contribution in [0.1, 0.15) is 30.8 Å². The van der Waals surface area contributed by atoms with Crippen LogP contribution >= 0.6 is 11.6 Å². The molecule has 0 aliphatic heterocycles. The molecular formula is C18H18ClN2O2S-. The molecule has 0 fully saturated rings. The van der Waals surface area contributed by atoms with Crippen LogP contribution in [0.15, 0.2) is 36.4 Å². The van der Waals surface area contributed by atoms with Crippen molar-refractivity contribution in [3.63, 3.8) is 0 Å². The Morgan fingerprint density at radius 2 is 1.88 bits per heavy atom. The zero-order valence-electron chi connectivity index (χ0n) is 13.6. The fraction of sp³-hybridized carbons (Fsp3) is 0.278. The van der Waals surface area contributed by atoms with Gasteiger partial charge in [-0.15, -0.1) is 0 Å². The van der Waals surface area contributed by atoms with E-state index in [1.807, 2.05) is 6.92 Å². The van der Waals surface area contributed by atoms with Crippen molar-refractivity contribution in [2.75, 3.05) is 0 Å². The van der Waals surface area contributed by atoms with Crippen molar-refractivity contribution in [1.29, 1.82) is 0 Å². The van der Waals surface area contributed by atoms with Gasteiger partial charge in [0.25, 0.3) is 0 Å². The van der Waals surface area contributed by atoms with Crippen molar-refractivity contribution in [2.24, 2.45) is 0 Å². The summed E-state index contributed by atoms with van der Waals surface area (Å²) in [5.41, 5.74) is 4.53. The van der Waals surface area contributed by atoms with Crippen LogP contribution in [0.2, 0.25) is 5.02 Å². The van der Waals surface area contributed by atoms with Gasteiger partial charge in [-0.2, -0.15) is 0 Å². The number of aromatic nitrogens is 2. The second-order valence-corrected chi connectivity index (χ2v) is 6.92. The number of benzene rings is 2. The molecule has 2 aromatic carbocycles. The second kappa shape index (κ2) is 7.05. The Morgan fingerprint density at radius 3 is 2.46 bits per heavy atom. The molecule has 0 aliphatic rings. The van der Waals surface area contributed by atoms with E-state index < -0.39 is 11.1 Å². The maximum absolute atomic E-state index is 11.0. The zero-order chi connectivity index (χ0) is 17.3. The largest absolute Gasteiger partial charge is 0.772 e. The summed E-state index contributed by atoms with van der Waals surface area (Å²) in [6.45, 7) is 4.17. The van der Waals surface area contributed by atoms with Crippen LogP contribution in [0, 0.1) is 0 Å². The summed E-state index contributed by atoms with van der Waals surface area (Å²) in [6, 6.07) is 11.9. The quantitative estimate of drug-likeness (QED) is 0.640. The number of hydrogen-bond donors (Lipinski definition) is 0. The Morgan fingerprint density at radius 1 is 1.17 bits per heavy atom. The van der Waals surface area contributed by atoms with Gasteiger partial charge in [0.15, 0.2) is 0 Å². The number of nitrogens with zero attached hydrogens (tertiary/aromatic N) is 2. The second-order valence-electron chi connectivity index (χ2n) is 5.62. The average molecular weight is 362 g/mol. The van der Waals surface area contributed by atoms with Crippen LogP contribution in [0.25, 0.3) is 16.7 Å². The fourth-order valence-corrected chi connectivity index (χ4v) is 3.63. The van der Waals surface area contributed by atoms with Gasteiger partial charge in [-0.1, -0.05) is 48.7 Å². The molecule has 4 nitrogen and oxygen atoms in total. The number of rotatable bonds is 5. The van der Waals surface area contributed by atoms with E-state index in [9.17, 15) is 8.76 Å². The third-order valence-corrected chi connectivity index (χ3v) is 4.98. The first kappa shape index (κ1) is 17.1. The monoisotopic (exact) mass is 361 g/mol. The molecular weight excluding hydrogens is 344 g/mol. The van der Waals surface area contributed by atoms with Crippen molar-refractivity contribution < 1.29 is 8.76 Å². The maximum atomic E-state index is 11.0. The first-order chi connectivity index (χ1) is 11.5. The minimum absolute atomic E-state index is 0.103. The lowest BCUT2D eigenvalue weighted by atomic mass is 10.1. The Bertz CT molecular complexity index is 904. The fourth-order valence-electron chi connectivity index (χ4n) is 2.83. The number of aryl methyl sites for hydroxylation is 2. The lowest BCUT2D eigenvalue weighted by molar-refractivity contribution is 0.536. The maximum Gasteiger partial charge on any atom is 0.114 e. The average Bonchev–Trinajstić information content (AvgIpc) is 2.92. The normalized spacial score (nSPS) is 12.7. The van der Waals surface area contributed by atoms with Crippen molar-refractivity contribution >= 4 is 33.7 Å². The molecule has 0 aliphatic carbocycles. The molecule has 6 heteroatoms. The molecule has 0 saturated carbocycles. The van der Waals surface area contributed by atoms with Crippen molar-refractivity contribution in [3.8, 4) is 5.69 Å². The summed E-state index contributed by atoms with van der Waals surface area (Å²) < 4.78 is 24.0. The summed E-state index contributed by atoms with van der Waals surface area (Å²) in [7, 11) is 0. The molecule has 1 atom stereocenters. The highest BCUT2D eigenvalue weighted by Gasteiger charge is 2.14. The molecule has 1 aromatic heterocycles. The summed E-state index contributed by atoms with van der Waals surface area (Å²) in [4.78, 5) is 4.66. The predicted octanol–water partition coefficient (Wildman–Crippen LogP) is 4.18. The van der Waals surface area contributed by atoms with Gasteiger partial charge < -0.3 is 4.55 Å². The lowest BCUT2D eigenvalue weighted by Gasteiger charge is -2.11. The molecule has 3 aromatic rings. The van der Waals surface area contributed by atoms with E-state index >= 15 is 0 Å².